The number of ether oxygens (including phenoxy) is 1. The molecule has 0 radical (unpaired) electrons. The molecular formula is C8H10INO2. The summed E-state index contributed by atoms with van der Waals surface area (Å²) in [7, 11) is 1.60. The van der Waals surface area contributed by atoms with Crippen molar-refractivity contribution in [3.63, 3.8) is 0 Å². The highest BCUT2D eigenvalue weighted by atomic mass is 127. The normalized spacial score (nSPS) is 9.92. The predicted molar refractivity (Wildman–Crippen MR) is 55.6 cm³/mol. The average Bonchev–Trinajstić information content (AvgIpc) is 2.05. The number of nitrogens with zero attached hydrogens (tertiary/aromatic N) is 1. The molecule has 66 valence electrons. The zero-order valence-electron chi connectivity index (χ0n) is 7.00. The largest absolute Gasteiger partial charge is 0.494 e. The second-order valence-corrected chi connectivity index (χ2v) is 3.48. The van der Waals surface area contributed by atoms with E-state index in [4.69, 9.17) is 4.74 Å². The molecule has 0 saturated heterocycles. The van der Waals surface area contributed by atoms with Crippen molar-refractivity contribution in [2.75, 3.05) is 7.11 Å². The van der Waals surface area contributed by atoms with Crippen LogP contribution in [-0.2, 0) is 6.54 Å². The number of methoxy groups -OCH3 is 1. The second kappa shape index (κ2) is 3.93. The molecular weight excluding hydrogens is 269 g/mol. The first-order chi connectivity index (χ1) is 5.69. The summed E-state index contributed by atoms with van der Waals surface area (Å²) in [5.74, 6) is 0.747. The van der Waals surface area contributed by atoms with Crippen LogP contribution in [0.5, 0.6) is 5.75 Å². The molecule has 1 aromatic heterocycles. The number of aryl methyl sites for hydroxylation is 1. The van der Waals surface area contributed by atoms with Gasteiger partial charge >= 0.3 is 0 Å². The monoisotopic (exact) mass is 279 g/mol. The van der Waals surface area contributed by atoms with Crippen LogP contribution in [-0.4, -0.2) is 11.7 Å². The van der Waals surface area contributed by atoms with Crippen molar-refractivity contribution < 1.29 is 4.74 Å². The summed E-state index contributed by atoms with van der Waals surface area (Å²) >= 11 is 2.08. The fourth-order valence-electron chi connectivity index (χ4n) is 0.927. The Morgan fingerprint density at radius 3 is 2.83 bits per heavy atom. The van der Waals surface area contributed by atoms with Gasteiger partial charge in [-0.15, -0.1) is 0 Å². The Labute approximate surface area is 84.5 Å². The van der Waals surface area contributed by atoms with E-state index in [1.54, 1.807) is 23.9 Å². The molecule has 0 atom stereocenters. The van der Waals surface area contributed by atoms with Crippen molar-refractivity contribution in [2.45, 2.75) is 13.5 Å². The maximum absolute atomic E-state index is 11.2. The lowest BCUT2D eigenvalue weighted by atomic mass is 10.4. The summed E-state index contributed by atoms with van der Waals surface area (Å²) in [6.07, 6.45) is 1.73. The van der Waals surface area contributed by atoms with Crippen LogP contribution in [0.15, 0.2) is 17.1 Å². The van der Waals surface area contributed by atoms with E-state index in [-0.39, 0.29) is 5.56 Å². The third-order valence-corrected chi connectivity index (χ3v) is 2.45. The van der Waals surface area contributed by atoms with Crippen LogP contribution in [0.25, 0.3) is 0 Å². The third kappa shape index (κ3) is 1.80. The Morgan fingerprint density at radius 1 is 1.67 bits per heavy atom. The lowest BCUT2D eigenvalue weighted by Crippen LogP contribution is -2.18. The van der Waals surface area contributed by atoms with Gasteiger partial charge in [-0.25, -0.2) is 0 Å². The number of halogens is 1. The van der Waals surface area contributed by atoms with Crippen LogP contribution in [0.2, 0.25) is 0 Å². The zero-order chi connectivity index (χ0) is 9.14. The van der Waals surface area contributed by atoms with Crippen molar-refractivity contribution in [2.24, 2.45) is 0 Å². The standard InChI is InChI=1S/C8H10INO2/c1-3-10-5-7(12-2)6(9)4-8(10)11/h4-5H,3H2,1-2H3. The molecule has 12 heavy (non-hydrogen) atoms. The first-order valence-electron chi connectivity index (χ1n) is 3.63. The Bertz CT molecular complexity index is 332. The van der Waals surface area contributed by atoms with Gasteiger partial charge in [-0.05, 0) is 29.5 Å². The zero-order valence-corrected chi connectivity index (χ0v) is 9.16. The van der Waals surface area contributed by atoms with Gasteiger partial charge in [0.15, 0.2) is 0 Å². The topological polar surface area (TPSA) is 31.2 Å². The van der Waals surface area contributed by atoms with E-state index in [9.17, 15) is 4.79 Å². The molecule has 0 bridgehead atoms. The van der Waals surface area contributed by atoms with Gasteiger partial charge in [-0.1, -0.05) is 0 Å². The van der Waals surface area contributed by atoms with Crippen LogP contribution >= 0.6 is 22.6 Å². The maximum atomic E-state index is 11.2. The van der Waals surface area contributed by atoms with E-state index in [1.807, 2.05) is 6.92 Å². The molecule has 0 saturated carbocycles. The van der Waals surface area contributed by atoms with Crippen molar-refractivity contribution in [1.29, 1.82) is 0 Å². The smallest absolute Gasteiger partial charge is 0.251 e. The van der Waals surface area contributed by atoms with Crippen molar-refractivity contribution >= 4 is 22.6 Å². The second-order valence-electron chi connectivity index (χ2n) is 2.31. The van der Waals surface area contributed by atoms with Crippen LogP contribution in [0.4, 0.5) is 0 Å². The van der Waals surface area contributed by atoms with Crippen LogP contribution in [0.1, 0.15) is 6.92 Å². The van der Waals surface area contributed by atoms with Gasteiger partial charge in [0.05, 0.1) is 16.9 Å². The molecule has 0 amide bonds. The molecule has 0 unspecified atom stereocenters. The molecule has 0 spiro atoms. The van der Waals surface area contributed by atoms with Gasteiger partial charge in [-0.2, -0.15) is 0 Å². The number of hydrogen-bond donors (Lipinski definition) is 0. The molecule has 0 aliphatic rings. The van der Waals surface area contributed by atoms with Crippen molar-refractivity contribution in [3.05, 3.63) is 26.2 Å². The molecule has 0 aliphatic carbocycles. The minimum atomic E-state index is 0.0164. The predicted octanol–water partition coefficient (Wildman–Crippen LogP) is 1.48. The van der Waals surface area contributed by atoms with Crippen LogP contribution < -0.4 is 10.3 Å². The molecule has 4 heteroatoms. The number of aromatic nitrogens is 1. The van der Waals surface area contributed by atoms with Crippen LogP contribution in [0.3, 0.4) is 0 Å². The first kappa shape index (κ1) is 9.57. The Balaban J connectivity index is 3.27. The Morgan fingerprint density at radius 2 is 2.33 bits per heavy atom. The molecule has 1 aromatic rings. The fraction of sp³-hybridized carbons (Fsp3) is 0.375. The molecule has 0 fully saturated rings. The molecule has 1 heterocycles. The van der Waals surface area contributed by atoms with Crippen molar-refractivity contribution in [3.8, 4) is 5.75 Å². The minimum Gasteiger partial charge on any atom is -0.494 e. The van der Waals surface area contributed by atoms with Gasteiger partial charge < -0.3 is 9.30 Å². The molecule has 0 aromatic carbocycles. The average molecular weight is 279 g/mol. The lowest BCUT2D eigenvalue weighted by Gasteiger charge is -2.06. The minimum absolute atomic E-state index is 0.0164. The summed E-state index contributed by atoms with van der Waals surface area (Å²) in [5.41, 5.74) is 0.0164. The maximum Gasteiger partial charge on any atom is 0.251 e. The van der Waals surface area contributed by atoms with Gasteiger partial charge in [0, 0.05) is 12.6 Å². The van der Waals surface area contributed by atoms with E-state index >= 15 is 0 Å². The van der Waals surface area contributed by atoms with E-state index in [0.717, 1.165) is 9.32 Å². The third-order valence-electron chi connectivity index (χ3n) is 1.60. The Kier molecular flexibility index (Phi) is 3.13. The number of pyridine rings is 1. The summed E-state index contributed by atoms with van der Waals surface area (Å²) in [5, 5.41) is 0. The molecule has 3 nitrogen and oxygen atoms in total. The lowest BCUT2D eigenvalue weighted by molar-refractivity contribution is 0.405. The van der Waals surface area contributed by atoms with Gasteiger partial charge in [0.2, 0.25) is 0 Å². The highest BCUT2D eigenvalue weighted by Crippen LogP contribution is 2.16. The fourth-order valence-corrected chi connectivity index (χ4v) is 1.55. The van der Waals surface area contributed by atoms with Gasteiger partial charge in [0.1, 0.15) is 5.75 Å². The highest BCUT2D eigenvalue weighted by molar-refractivity contribution is 14.1. The quantitative estimate of drug-likeness (QED) is 0.768. The highest BCUT2D eigenvalue weighted by Gasteiger charge is 2.02. The van der Waals surface area contributed by atoms with E-state index in [0.29, 0.717) is 6.54 Å². The molecule has 0 N–H and O–H groups in total. The number of hydrogen-bond acceptors (Lipinski definition) is 2. The molecule has 0 aliphatic heterocycles. The van der Waals surface area contributed by atoms with Crippen molar-refractivity contribution in [1.82, 2.24) is 4.57 Å². The molecule has 1 rings (SSSR count). The first-order valence-corrected chi connectivity index (χ1v) is 4.71. The number of rotatable bonds is 2. The Hall–Kier alpha value is -0.520. The summed E-state index contributed by atoms with van der Waals surface area (Å²) < 4.78 is 7.54. The van der Waals surface area contributed by atoms with Gasteiger partial charge in [0.25, 0.3) is 5.56 Å². The van der Waals surface area contributed by atoms with Crippen LogP contribution in [0, 0.1) is 3.57 Å². The van der Waals surface area contributed by atoms with E-state index < -0.39 is 0 Å². The summed E-state index contributed by atoms with van der Waals surface area (Å²) in [6.45, 7) is 2.60. The van der Waals surface area contributed by atoms with Gasteiger partial charge in [-0.3, -0.25) is 4.79 Å². The summed E-state index contributed by atoms with van der Waals surface area (Å²) in [6, 6.07) is 1.57. The summed E-state index contributed by atoms with van der Waals surface area (Å²) in [4.78, 5) is 11.2. The van der Waals surface area contributed by atoms with E-state index in [2.05, 4.69) is 22.6 Å². The van der Waals surface area contributed by atoms with E-state index in [1.165, 1.54) is 0 Å². The SMILES string of the molecule is CCn1cc(OC)c(I)cc1=O.